The number of likely N-dealkylation sites (N-methyl/N-ethyl adjacent to an activating group) is 2. The van der Waals surface area contributed by atoms with Crippen molar-refractivity contribution < 1.29 is 43.1 Å². The Bertz CT molecular complexity index is 920. The lowest BCUT2D eigenvalue weighted by Crippen LogP contribution is -2.57. The molecule has 0 aliphatic carbocycles. The number of unbranched alkanes of at least 4 members (excludes halogenated alkanes) is 1. The number of hydrogen-bond donors (Lipinski definition) is 5. The molecule has 0 aromatic heterocycles. The van der Waals surface area contributed by atoms with E-state index in [1.165, 1.54) is 11.9 Å². The van der Waals surface area contributed by atoms with Gasteiger partial charge in [-0.15, -0.1) is 0 Å². The minimum absolute atomic E-state index is 0.317. The smallest absolute Gasteiger partial charge is 0.305 e. The Morgan fingerprint density at radius 2 is 1.59 bits per heavy atom. The standard InChI is InChI=1S/C25H42N6O8/c1-16(2)22-25(38)29-17(7-5-6-8-31(4)9-11-39-12-10-31)23(36)26-14-19(32)28-18(13-21(34)35)24(37)27-15-20(33)30(22)3/h16-18,22H,5-15H2,1-4H3,(H4-,26,27,28,29,32,34,35,36,37,38)/p+1/t17-,18-,22?/m0/s1. The average Bonchev–Trinajstić information content (AvgIpc) is 2.86. The Balaban J connectivity index is 2.20. The number of carboxylic acids is 1. The summed E-state index contributed by atoms with van der Waals surface area (Å²) in [5, 5.41) is 19.0. The Kier molecular flexibility index (Phi) is 12.1. The van der Waals surface area contributed by atoms with Crippen LogP contribution in [-0.4, -0.2) is 128 Å². The van der Waals surface area contributed by atoms with Gasteiger partial charge in [0.1, 0.15) is 31.2 Å². The summed E-state index contributed by atoms with van der Waals surface area (Å²) in [4.78, 5) is 76.6. The van der Waals surface area contributed by atoms with Crippen LogP contribution in [0.25, 0.3) is 0 Å². The maximum atomic E-state index is 13.3. The van der Waals surface area contributed by atoms with Gasteiger partial charge in [0.05, 0.1) is 46.3 Å². The Morgan fingerprint density at radius 1 is 0.974 bits per heavy atom. The fourth-order valence-electron chi connectivity index (χ4n) is 4.79. The molecule has 5 amide bonds. The molecule has 0 aromatic rings. The number of amides is 5. The van der Waals surface area contributed by atoms with Crippen molar-refractivity contribution in [1.29, 1.82) is 0 Å². The lowest BCUT2D eigenvalue weighted by Gasteiger charge is -2.37. The molecule has 2 fully saturated rings. The number of ether oxygens (including phenoxy) is 1. The third-order valence-electron chi connectivity index (χ3n) is 7.20. The van der Waals surface area contributed by atoms with Crippen LogP contribution in [0, 0.1) is 5.92 Å². The molecule has 1 unspecified atom stereocenters. The van der Waals surface area contributed by atoms with Gasteiger partial charge in [-0.05, 0) is 25.2 Å². The predicted molar refractivity (Wildman–Crippen MR) is 139 cm³/mol. The summed E-state index contributed by atoms with van der Waals surface area (Å²) in [7, 11) is 3.59. The summed E-state index contributed by atoms with van der Waals surface area (Å²) in [6.07, 6.45) is 1.06. The van der Waals surface area contributed by atoms with Crippen LogP contribution in [0.3, 0.4) is 0 Å². The van der Waals surface area contributed by atoms with Crippen LogP contribution >= 0.6 is 0 Å². The molecule has 0 radical (unpaired) electrons. The van der Waals surface area contributed by atoms with Crippen LogP contribution in [0.1, 0.15) is 39.5 Å². The number of nitrogens with zero attached hydrogens (tertiary/aromatic N) is 2. The Hall–Kier alpha value is -3.26. The zero-order valence-corrected chi connectivity index (χ0v) is 23.3. The first kappa shape index (κ1) is 32.0. The molecule has 0 aromatic carbocycles. The second-order valence-corrected chi connectivity index (χ2v) is 10.8. The van der Waals surface area contributed by atoms with Crippen LogP contribution in [-0.2, 0) is 33.5 Å². The van der Waals surface area contributed by atoms with Gasteiger partial charge in [0, 0.05) is 7.05 Å². The van der Waals surface area contributed by atoms with Crippen LogP contribution in [0.4, 0.5) is 0 Å². The average molecular weight is 556 g/mol. The van der Waals surface area contributed by atoms with Crippen LogP contribution in [0.2, 0.25) is 0 Å². The topological polar surface area (TPSA) is 183 Å². The molecule has 3 atom stereocenters. The quantitative estimate of drug-likeness (QED) is 0.165. The molecular weight excluding hydrogens is 512 g/mol. The highest BCUT2D eigenvalue weighted by Crippen LogP contribution is 2.14. The molecule has 0 spiro atoms. The number of nitrogens with one attached hydrogen (secondary N) is 4. The number of carbonyl (C=O) groups excluding carboxylic acids is 5. The van der Waals surface area contributed by atoms with Gasteiger partial charge in [-0.2, -0.15) is 0 Å². The fourth-order valence-corrected chi connectivity index (χ4v) is 4.79. The van der Waals surface area contributed by atoms with E-state index in [1.54, 1.807) is 13.8 Å². The van der Waals surface area contributed by atoms with Crippen molar-refractivity contribution in [2.24, 2.45) is 5.92 Å². The van der Waals surface area contributed by atoms with Gasteiger partial charge < -0.3 is 40.5 Å². The molecule has 14 heteroatoms. The minimum Gasteiger partial charge on any atom is -0.481 e. The van der Waals surface area contributed by atoms with Crippen LogP contribution in [0.15, 0.2) is 0 Å². The number of aliphatic carboxylic acids is 1. The van der Waals surface area contributed by atoms with E-state index in [0.29, 0.717) is 26.1 Å². The maximum absolute atomic E-state index is 13.3. The minimum atomic E-state index is -1.45. The molecule has 0 saturated carbocycles. The third kappa shape index (κ3) is 10.1. The van der Waals surface area contributed by atoms with E-state index in [2.05, 4.69) is 28.3 Å². The van der Waals surface area contributed by atoms with Gasteiger partial charge in [-0.1, -0.05) is 13.8 Å². The first-order valence-corrected chi connectivity index (χ1v) is 13.4. The van der Waals surface area contributed by atoms with E-state index >= 15 is 0 Å². The van der Waals surface area contributed by atoms with Gasteiger partial charge in [0.25, 0.3) is 0 Å². The highest BCUT2D eigenvalue weighted by molar-refractivity contribution is 5.97. The highest BCUT2D eigenvalue weighted by atomic mass is 16.5. The lowest BCUT2D eigenvalue weighted by molar-refractivity contribution is -0.917. The summed E-state index contributed by atoms with van der Waals surface area (Å²) >= 11 is 0. The SMILES string of the molecule is CC(C)C1C(=O)N[C@@H](CCCC[N+]2(C)CCOCC2)C(=O)NCC(=O)N[C@@H](CC(=O)O)C(=O)NCC(=O)N1C. The number of hydrogen-bond acceptors (Lipinski definition) is 7. The third-order valence-corrected chi connectivity index (χ3v) is 7.20. The summed E-state index contributed by atoms with van der Waals surface area (Å²) in [5.41, 5.74) is 0. The Morgan fingerprint density at radius 3 is 2.21 bits per heavy atom. The van der Waals surface area contributed by atoms with Gasteiger partial charge in [-0.3, -0.25) is 28.8 Å². The molecule has 0 bridgehead atoms. The van der Waals surface area contributed by atoms with Crippen molar-refractivity contribution in [3.8, 4) is 0 Å². The summed E-state index contributed by atoms with van der Waals surface area (Å²) < 4.78 is 6.31. The molecule has 2 aliphatic heterocycles. The van der Waals surface area contributed by atoms with Gasteiger partial charge in [0.2, 0.25) is 29.5 Å². The molecule has 2 heterocycles. The van der Waals surface area contributed by atoms with Crippen LogP contribution < -0.4 is 21.3 Å². The van der Waals surface area contributed by atoms with E-state index in [9.17, 15) is 28.8 Å². The van der Waals surface area contributed by atoms with E-state index in [-0.39, 0.29) is 5.92 Å². The number of quaternary nitrogens is 1. The van der Waals surface area contributed by atoms with Crippen molar-refractivity contribution >= 4 is 35.5 Å². The number of morpholine rings is 1. The summed E-state index contributed by atoms with van der Waals surface area (Å²) in [6, 6.07) is -3.33. The van der Waals surface area contributed by atoms with E-state index < -0.39 is 73.1 Å². The zero-order chi connectivity index (χ0) is 29.2. The monoisotopic (exact) mass is 555 g/mol. The molecule has 5 N–H and O–H groups in total. The second kappa shape index (κ2) is 14.8. The fraction of sp³-hybridized carbons (Fsp3) is 0.760. The maximum Gasteiger partial charge on any atom is 0.305 e. The lowest BCUT2D eigenvalue weighted by atomic mass is 10.00. The van der Waals surface area contributed by atoms with Crippen molar-refractivity contribution in [3.05, 3.63) is 0 Å². The van der Waals surface area contributed by atoms with Crippen LogP contribution in [0.5, 0.6) is 0 Å². The first-order valence-electron chi connectivity index (χ1n) is 13.4. The molecule has 39 heavy (non-hydrogen) atoms. The molecule has 2 aliphatic rings. The molecular formula is C25H43N6O8+. The number of carbonyl (C=O) groups is 6. The van der Waals surface area contributed by atoms with Gasteiger partial charge >= 0.3 is 5.97 Å². The van der Waals surface area contributed by atoms with Crippen molar-refractivity contribution in [2.45, 2.75) is 57.7 Å². The first-order chi connectivity index (χ1) is 18.3. The number of rotatable bonds is 8. The highest BCUT2D eigenvalue weighted by Gasteiger charge is 2.34. The van der Waals surface area contributed by atoms with Crippen molar-refractivity contribution in [2.75, 3.05) is 60.0 Å². The van der Waals surface area contributed by atoms with Crippen molar-refractivity contribution in [1.82, 2.24) is 26.2 Å². The molecule has 2 rings (SSSR count). The largest absolute Gasteiger partial charge is 0.481 e. The molecule has 220 valence electrons. The summed E-state index contributed by atoms with van der Waals surface area (Å²) in [5.74, 6) is -4.99. The van der Waals surface area contributed by atoms with Crippen molar-refractivity contribution in [3.63, 3.8) is 0 Å². The van der Waals surface area contributed by atoms with Gasteiger partial charge in [-0.25, -0.2) is 0 Å². The van der Waals surface area contributed by atoms with E-state index in [4.69, 9.17) is 9.84 Å². The normalized spacial score (nSPS) is 25.6. The summed E-state index contributed by atoms with van der Waals surface area (Å²) in [6.45, 7) is 6.62. The predicted octanol–water partition coefficient (Wildman–Crippen LogP) is -2.19. The number of carboxylic acid groups (broad SMARTS) is 1. The van der Waals surface area contributed by atoms with E-state index in [1.807, 2.05) is 0 Å². The molecule has 2 saturated heterocycles. The molecule has 14 nitrogen and oxygen atoms in total. The van der Waals surface area contributed by atoms with Gasteiger partial charge in [0.15, 0.2) is 0 Å². The Labute approximate surface area is 228 Å². The van der Waals surface area contributed by atoms with E-state index in [0.717, 1.165) is 30.5 Å². The second-order valence-electron chi connectivity index (χ2n) is 10.8. The zero-order valence-electron chi connectivity index (χ0n) is 23.3.